The summed E-state index contributed by atoms with van der Waals surface area (Å²) in [6.07, 6.45) is 3.49. The van der Waals surface area contributed by atoms with Crippen LogP contribution in [0.2, 0.25) is 0 Å². The van der Waals surface area contributed by atoms with Gasteiger partial charge in [0.1, 0.15) is 0 Å². The van der Waals surface area contributed by atoms with E-state index in [1.54, 1.807) is 10.6 Å². The van der Waals surface area contributed by atoms with Gasteiger partial charge < -0.3 is 5.32 Å². The van der Waals surface area contributed by atoms with E-state index >= 15 is 0 Å². The lowest BCUT2D eigenvalue weighted by Gasteiger charge is -2.32. The van der Waals surface area contributed by atoms with Crippen LogP contribution < -0.4 is 16.6 Å². The van der Waals surface area contributed by atoms with Crippen LogP contribution in [-0.4, -0.2) is 39.1 Å². The number of fused-ring (bicyclic) bond motifs is 1. The van der Waals surface area contributed by atoms with Crippen LogP contribution in [0, 0.1) is 13.8 Å². The molecule has 5 rings (SSSR count). The minimum absolute atomic E-state index is 0.0460. The van der Waals surface area contributed by atoms with Crippen LogP contribution >= 0.6 is 0 Å². The van der Waals surface area contributed by atoms with E-state index < -0.39 is 0 Å². The number of rotatable bonds is 10. The Morgan fingerprint density at radius 2 is 1.59 bits per heavy atom. The number of amides is 1. The van der Waals surface area contributed by atoms with Crippen LogP contribution in [0.3, 0.4) is 0 Å². The van der Waals surface area contributed by atoms with Crippen molar-refractivity contribution in [1.29, 1.82) is 0 Å². The van der Waals surface area contributed by atoms with E-state index in [1.165, 1.54) is 10.1 Å². The smallest absolute Gasteiger partial charge is 0.331 e. The number of likely N-dealkylation sites (tertiary alicyclic amines) is 1. The zero-order valence-electron chi connectivity index (χ0n) is 24.1. The number of aromatic nitrogens is 2. The third-order valence-electron chi connectivity index (χ3n) is 8.20. The van der Waals surface area contributed by atoms with Crippen molar-refractivity contribution in [2.24, 2.45) is 0 Å². The summed E-state index contributed by atoms with van der Waals surface area (Å²) in [6.45, 7) is 7.66. The Balaban J connectivity index is 1.17. The van der Waals surface area contributed by atoms with Crippen LogP contribution in [0.5, 0.6) is 0 Å². The van der Waals surface area contributed by atoms with E-state index in [2.05, 4.69) is 52.7 Å². The normalized spacial score (nSPS) is 14.4. The molecule has 1 aromatic heterocycles. The average Bonchev–Trinajstić information content (AvgIpc) is 2.98. The van der Waals surface area contributed by atoms with E-state index in [9.17, 15) is 14.4 Å². The molecular weight excluding hydrogens is 512 g/mol. The van der Waals surface area contributed by atoms with Crippen molar-refractivity contribution in [2.75, 3.05) is 13.1 Å². The van der Waals surface area contributed by atoms with Crippen LogP contribution in [0.25, 0.3) is 10.9 Å². The van der Waals surface area contributed by atoms with Gasteiger partial charge in [0.25, 0.3) is 5.56 Å². The first kappa shape index (κ1) is 28.6. The molecule has 2 heterocycles. The van der Waals surface area contributed by atoms with Crippen molar-refractivity contribution in [3.8, 4) is 0 Å². The van der Waals surface area contributed by atoms with Gasteiger partial charge in [0.2, 0.25) is 5.91 Å². The maximum Gasteiger partial charge on any atom is 0.331 e. The summed E-state index contributed by atoms with van der Waals surface area (Å²) in [6, 6.07) is 24.2. The second-order valence-electron chi connectivity index (χ2n) is 11.3. The minimum Gasteiger partial charge on any atom is -0.353 e. The summed E-state index contributed by atoms with van der Waals surface area (Å²) in [5, 5.41) is 3.73. The average molecular weight is 553 g/mol. The lowest BCUT2D eigenvalue weighted by atomic mass is 10.0. The Hall–Kier alpha value is -3.97. The molecule has 0 atom stereocenters. The molecule has 0 aliphatic carbocycles. The number of carbonyl (C=O) groups excluding carboxylic acids is 1. The standard InChI is InChI=1S/C34H40N4O3/c1-25-15-16-26(2)28(22-25)24-38-31-13-7-6-12-30(31)33(40)37(34(38)41)19-9-8-14-32(39)35-29-17-20-36(21-18-29)23-27-10-4-3-5-11-27/h3-7,10-13,15-16,22,29H,8-9,14,17-21,23-24H2,1-2H3,(H,35,39). The fourth-order valence-corrected chi connectivity index (χ4v) is 5.79. The molecule has 3 aromatic carbocycles. The van der Waals surface area contributed by atoms with Crippen molar-refractivity contribution >= 4 is 16.8 Å². The predicted octanol–water partition coefficient (Wildman–Crippen LogP) is 4.78. The number of nitrogens with one attached hydrogen (secondary N) is 1. The highest BCUT2D eigenvalue weighted by Gasteiger charge is 2.21. The molecule has 7 heteroatoms. The van der Waals surface area contributed by atoms with Crippen molar-refractivity contribution in [3.63, 3.8) is 0 Å². The summed E-state index contributed by atoms with van der Waals surface area (Å²) in [4.78, 5) is 42.0. The molecule has 7 nitrogen and oxygen atoms in total. The first-order chi connectivity index (χ1) is 19.9. The maximum absolute atomic E-state index is 13.6. The van der Waals surface area contributed by atoms with Gasteiger partial charge in [-0.15, -0.1) is 0 Å². The predicted molar refractivity (Wildman–Crippen MR) is 164 cm³/mol. The van der Waals surface area contributed by atoms with Crippen LogP contribution in [0.1, 0.15) is 54.4 Å². The second-order valence-corrected chi connectivity index (χ2v) is 11.3. The molecule has 1 aliphatic rings. The van der Waals surface area contributed by atoms with Gasteiger partial charge in [-0.25, -0.2) is 4.79 Å². The molecule has 1 N–H and O–H groups in total. The Bertz CT molecular complexity index is 1620. The summed E-state index contributed by atoms with van der Waals surface area (Å²) >= 11 is 0. The van der Waals surface area contributed by atoms with Crippen LogP contribution in [-0.2, 0) is 24.4 Å². The number of carbonyl (C=O) groups is 1. The van der Waals surface area contributed by atoms with Gasteiger partial charge in [0.05, 0.1) is 17.4 Å². The lowest BCUT2D eigenvalue weighted by molar-refractivity contribution is -0.122. The Labute approximate surface area is 241 Å². The van der Waals surface area contributed by atoms with E-state index in [4.69, 9.17) is 0 Å². The summed E-state index contributed by atoms with van der Waals surface area (Å²) in [7, 11) is 0. The minimum atomic E-state index is -0.304. The summed E-state index contributed by atoms with van der Waals surface area (Å²) < 4.78 is 3.04. The Morgan fingerprint density at radius 3 is 2.37 bits per heavy atom. The molecule has 0 spiro atoms. The lowest BCUT2D eigenvalue weighted by Crippen LogP contribution is -2.44. The maximum atomic E-state index is 13.6. The number of unbranched alkanes of at least 4 members (excludes halogenated alkanes) is 1. The topological polar surface area (TPSA) is 76.3 Å². The van der Waals surface area contributed by atoms with E-state index in [1.807, 2.05) is 38.1 Å². The van der Waals surface area contributed by atoms with Gasteiger partial charge in [0, 0.05) is 38.6 Å². The third-order valence-corrected chi connectivity index (χ3v) is 8.20. The van der Waals surface area contributed by atoms with Gasteiger partial charge in [-0.1, -0.05) is 66.2 Å². The van der Waals surface area contributed by atoms with Crippen molar-refractivity contribution < 1.29 is 4.79 Å². The van der Waals surface area contributed by atoms with Crippen LogP contribution in [0.15, 0.2) is 82.4 Å². The molecule has 214 valence electrons. The third kappa shape index (κ3) is 7.03. The molecule has 1 fully saturated rings. The number of nitrogens with zero attached hydrogens (tertiary/aromatic N) is 3. The number of benzene rings is 3. The quantitative estimate of drug-likeness (QED) is 0.287. The largest absolute Gasteiger partial charge is 0.353 e. The molecule has 0 saturated carbocycles. The number of hydrogen-bond acceptors (Lipinski definition) is 4. The monoisotopic (exact) mass is 552 g/mol. The van der Waals surface area contributed by atoms with Gasteiger partial charge >= 0.3 is 5.69 Å². The number of para-hydroxylation sites is 1. The van der Waals surface area contributed by atoms with Crippen molar-refractivity contribution in [3.05, 3.63) is 116 Å². The second kappa shape index (κ2) is 13.1. The Morgan fingerprint density at radius 1 is 0.854 bits per heavy atom. The van der Waals surface area contributed by atoms with E-state index in [0.29, 0.717) is 43.3 Å². The van der Waals surface area contributed by atoms with Crippen molar-refractivity contribution in [2.45, 2.75) is 71.6 Å². The fraction of sp³-hybridized carbons (Fsp3) is 0.382. The van der Waals surface area contributed by atoms with Gasteiger partial charge in [-0.2, -0.15) is 0 Å². The van der Waals surface area contributed by atoms with Gasteiger partial charge in [-0.05, 0) is 68.4 Å². The number of piperidine rings is 1. The SMILES string of the molecule is Cc1ccc(C)c(Cn2c(=O)n(CCCCC(=O)NC3CCN(Cc4ccccc4)CC3)c(=O)c3ccccc32)c1. The highest BCUT2D eigenvalue weighted by molar-refractivity contribution is 5.78. The molecule has 4 aromatic rings. The molecular formula is C34H40N4O3. The van der Waals surface area contributed by atoms with E-state index in [0.717, 1.165) is 49.2 Å². The molecule has 41 heavy (non-hydrogen) atoms. The zero-order valence-corrected chi connectivity index (χ0v) is 24.1. The molecule has 0 unspecified atom stereocenters. The highest BCUT2D eigenvalue weighted by Crippen LogP contribution is 2.16. The zero-order chi connectivity index (χ0) is 28.8. The van der Waals surface area contributed by atoms with E-state index in [-0.39, 0.29) is 23.2 Å². The summed E-state index contributed by atoms with van der Waals surface area (Å²) in [5.41, 5.74) is 4.69. The summed E-state index contributed by atoms with van der Waals surface area (Å²) in [5.74, 6) is 0.0460. The number of hydrogen-bond donors (Lipinski definition) is 1. The van der Waals surface area contributed by atoms with Crippen molar-refractivity contribution in [1.82, 2.24) is 19.4 Å². The fourth-order valence-electron chi connectivity index (χ4n) is 5.79. The van der Waals surface area contributed by atoms with Gasteiger partial charge in [-0.3, -0.25) is 23.6 Å². The first-order valence-corrected chi connectivity index (χ1v) is 14.7. The Kier molecular flexibility index (Phi) is 9.14. The molecule has 0 radical (unpaired) electrons. The number of aryl methyl sites for hydroxylation is 2. The molecule has 1 amide bonds. The van der Waals surface area contributed by atoms with Crippen LogP contribution in [0.4, 0.5) is 0 Å². The molecule has 0 bridgehead atoms. The van der Waals surface area contributed by atoms with Gasteiger partial charge in [0.15, 0.2) is 0 Å². The first-order valence-electron chi connectivity index (χ1n) is 14.7. The highest BCUT2D eigenvalue weighted by atomic mass is 16.2. The molecule has 1 saturated heterocycles. The molecule has 1 aliphatic heterocycles.